The molecule has 0 radical (unpaired) electrons. The summed E-state index contributed by atoms with van der Waals surface area (Å²) in [5.74, 6) is -0.481. The van der Waals surface area contributed by atoms with Crippen molar-refractivity contribution in [3.63, 3.8) is 0 Å². The zero-order chi connectivity index (χ0) is 16.9. The smallest absolute Gasteiger partial charge is 0.387 e. The Hall–Kier alpha value is -2.26. The summed E-state index contributed by atoms with van der Waals surface area (Å²) in [5.41, 5.74) is 0.517. The van der Waals surface area contributed by atoms with Crippen LogP contribution in [0.3, 0.4) is 0 Å². The maximum absolute atomic E-state index is 12.2. The predicted octanol–water partition coefficient (Wildman–Crippen LogP) is 2.48. The van der Waals surface area contributed by atoms with Crippen molar-refractivity contribution in [2.75, 3.05) is 18.4 Å². The van der Waals surface area contributed by atoms with E-state index in [-0.39, 0.29) is 29.9 Å². The Morgan fingerprint density at radius 2 is 2.12 bits per heavy atom. The van der Waals surface area contributed by atoms with Gasteiger partial charge in [0, 0.05) is 11.8 Å². The molecule has 25 heavy (non-hydrogen) atoms. The Morgan fingerprint density at radius 3 is 2.84 bits per heavy atom. The normalized spacial score (nSPS) is 14.8. The Bertz CT molecular complexity index is 707. The van der Waals surface area contributed by atoms with Crippen molar-refractivity contribution in [3.8, 4) is 5.75 Å². The van der Waals surface area contributed by atoms with Crippen molar-refractivity contribution in [2.45, 2.75) is 25.5 Å². The van der Waals surface area contributed by atoms with Gasteiger partial charge in [-0.3, -0.25) is 4.79 Å². The molecule has 0 saturated carbocycles. The summed E-state index contributed by atoms with van der Waals surface area (Å²) < 4.78 is 30.5. The molecule has 2 aromatic rings. The van der Waals surface area contributed by atoms with Gasteiger partial charge in [0.25, 0.3) is 5.91 Å². The molecule has 0 unspecified atom stereocenters. The molecule has 136 valence electrons. The van der Waals surface area contributed by atoms with E-state index in [0.717, 1.165) is 25.9 Å². The summed E-state index contributed by atoms with van der Waals surface area (Å²) in [6, 6.07) is 6.02. The molecule has 0 aliphatic carbocycles. The van der Waals surface area contributed by atoms with Crippen LogP contribution in [0.5, 0.6) is 5.75 Å². The minimum absolute atomic E-state index is 0. The first-order chi connectivity index (χ1) is 11.6. The third-order valence-electron chi connectivity index (χ3n) is 3.74. The van der Waals surface area contributed by atoms with Crippen molar-refractivity contribution in [3.05, 3.63) is 36.2 Å². The van der Waals surface area contributed by atoms with E-state index in [1.165, 1.54) is 18.2 Å². The number of halogens is 3. The summed E-state index contributed by atoms with van der Waals surface area (Å²) in [6.07, 6.45) is 3.46. The molecule has 1 aromatic heterocycles. The molecular formula is C15H18ClF2N5O2. The van der Waals surface area contributed by atoms with Crippen LogP contribution in [0.2, 0.25) is 0 Å². The number of ether oxygens (including phenoxy) is 1. The highest BCUT2D eigenvalue weighted by atomic mass is 35.5. The average molecular weight is 374 g/mol. The maximum atomic E-state index is 12.2. The topological polar surface area (TPSA) is 81.1 Å². The lowest BCUT2D eigenvalue weighted by Crippen LogP contribution is -2.29. The van der Waals surface area contributed by atoms with E-state index in [9.17, 15) is 13.6 Å². The second-order valence-corrected chi connectivity index (χ2v) is 5.43. The van der Waals surface area contributed by atoms with Gasteiger partial charge in [0.15, 0.2) is 5.69 Å². The first-order valence-electron chi connectivity index (χ1n) is 7.60. The van der Waals surface area contributed by atoms with Gasteiger partial charge in [-0.05, 0) is 38.1 Å². The molecule has 2 N–H and O–H groups in total. The van der Waals surface area contributed by atoms with Crippen molar-refractivity contribution in [1.29, 1.82) is 0 Å². The van der Waals surface area contributed by atoms with Crippen molar-refractivity contribution >= 4 is 24.0 Å². The average Bonchev–Trinajstić information content (AvgIpc) is 3.05. The van der Waals surface area contributed by atoms with Crippen molar-refractivity contribution in [2.24, 2.45) is 0 Å². The standard InChI is InChI=1S/C15H17F2N5O2.ClH/c16-15(17)24-12-3-1-2-10(8-12)19-14(23)13-9-22(21-20-13)11-4-6-18-7-5-11;/h1-3,8-9,11,15,18H,4-7H2,(H,19,23);1H. The third kappa shape index (κ3) is 5.10. The summed E-state index contributed by atoms with van der Waals surface area (Å²) in [6.45, 7) is -1.10. The van der Waals surface area contributed by atoms with Crippen molar-refractivity contribution < 1.29 is 18.3 Å². The molecule has 3 rings (SSSR count). The minimum atomic E-state index is -2.92. The van der Waals surface area contributed by atoms with Crippen LogP contribution >= 0.6 is 12.4 Å². The summed E-state index contributed by atoms with van der Waals surface area (Å²) in [7, 11) is 0. The number of carbonyl (C=O) groups excluding carboxylic acids is 1. The SMILES string of the molecule is Cl.O=C(Nc1cccc(OC(F)F)c1)c1cn(C2CCNCC2)nn1. The molecule has 1 fully saturated rings. The fraction of sp³-hybridized carbons (Fsp3) is 0.400. The van der Waals surface area contributed by atoms with E-state index in [1.54, 1.807) is 16.9 Å². The van der Waals surface area contributed by atoms with Crippen LogP contribution < -0.4 is 15.4 Å². The Labute approximate surface area is 149 Å². The Kier molecular flexibility index (Phi) is 6.65. The van der Waals surface area contributed by atoms with Crippen LogP contribution in [0.15, 0.2) is 30.5 Å². The minimum Gasteiger partial charge on any atom is -0.435 e. The molecular weight excluding hydrogens is 356 g/mol. The zero-order valence-corrected chi connectivity index (χ0v) is 14.0. The van der Waals surface area contributed by atoms with Crippen molar-refractivity contribution in [1.82, 2.24) is 20.3 Å². The summed E-state index contributed by atoms with van der Waals surface area (Å²) >= 11 is 0. The van der Waals surface area contributed by atoms with Crippen LogP contribution in [0.25, 0.3) is 0 Å². The van der Waals surface area contributed by atoms with Gasteiger partial charge in [-0.15, -0.1) is 17.5 Å². The first kappa shape index (κ1) is 19.1. The van der Waals surface area contributed by atoms with Crippen LogP contribution in [-0.2, 0) is 0 Å². The number of nitrogens with zero attached hydrogens (tertiary/aromatic N) is 3. The molecule has 1 amide bonds. The second-order valence-electron chi connectivity index (χ2n) is 5.43. The summed E-state index contributed by atoms with van der Waals surface area (Å²) in [5, 5.41) is 13.8. The third-order valence-corrected chi connectivity index (χ3v) is 3.74. The fourth-order valence-electron chi connectivity index (χ4n) is 2.58. The van der Waals surface area contributed by atoms with E-state index in [2.05, 4.69) is 25.7 Å². The van der Waals surface area contributed by atoms with E-state index >= 15 is 0 Å². The number of amides is 1. The number of aromatic nitrogens is 3. The zero-order valence-electron chi connectivity index (χ0n) is 13.2. The van der Waals surface area contributed by atoms with Crippen LogP contribution in [0, 0.1) is 0 Å². The number of alkyl halides is 2. The number of nitrogens with one attached hydrogen (secondary N) is 2. The lowest BCUT2D eigenvalue weighted by Gasteiger charge is -2.22. The Balaban J connectivity index is 0.00000225. The van der Waals surface area contributed by atoms with Gasteiger partial charge in [-0.25, -0.2) is 4.68 Å². The number of carbonyl (C=O) groups is 1. The fourth-order valence-corrected chi connectivity index (χ4v) is 2.58. The predicted molar refractivity (Wildman–Crippen MR) is 89.4 cm³/mol. The highest BCUT2D eigenvalue weighted by Crippen LogP contribution is 2.20. The molecule has 7 nitrogen and oxygen atoms in total. The van der Waals surface area contributed by atoms with Gasteiger partial charge < -0.3 is 15.4 Å². The number of piperidine rings is 1. The largest absolute Gasteiger partial charge is 0.435 e. The number of rotatable bonds is 5. The quantitative estimate of drug-likeness (QED) is 0.841. The van der Waals surface area contributed by atoms with E-state index in [4.69, 9.17) is 0 Å². The Morgan fingerprint density at radius 1 is 1.36 bits per heavy atom. The van der Waals surface area contributed by atoms with Crippen LogP contribution in [0.4, 0.5) is 14.5 Å². The van der Waals surface area contributed by atoms with Gasteiger partial charge in [-0.1, -0.05) is 11.3 Å². The maximum Gasteiger partial charge on any atom is 0.387 e. The van der Waals surface area contributed by atoms with Gasteiger partial charge in [0.1, 0.15) is 5.75 Å². The number of hydrogen-bond acceptors (Lipinski definition) is 5. The molecule has 10 heteroatoms. The molecule has 0 bridgehead atoms. The molecule has 1 aromatic carbocycles. The molecule has 0 spiro atoms. The lowest BCUT2D eigenvalue weighted by molar-refractivity contribution is -0.0497. The van der Waals surface area contributed by atoms with Gasteiger partial charge in [0.2, 0.25) is 0 Å². The molecule has 0 atom stereocenters. The highest BCUT2D eigenvalue weighted by Gasteiger charge is 2.19. The van der Waals surface area contributed by atoms with Gasteiger partial charge in [0.05, 0.1) is 12.2 Å². The molecule has 1 aliphatic heterocycles. The number of hydrogen-bond donors (Lipinski definition) is 2. The second kappa shape index (κ2) is 8.72. The van der Waals surface area contributed by atoms with Gasteiger partial charge in [-0.2, -0.15) is 8.78 Å². The van der Waals surface area contributed by atoms with Crippen LogP contribution in [0.1, 0.15) is 29.4 Å². The lowest BCUT2D eigenvalue weighted by atomic mass is 10.1. The van der Waals surface area contributed by atoms with E-state index < -0.39 is 12.5 Å². The number of benzene rings is 1. The molecule has 1 saturated heterocycles. The monoisotopic (exact) mass is 373 g/mol. The van der Waals surface area contributed by atoms with E-state index in [0.29, 0.717) is 5.69 Å². The van der Waals surface area contributed by atoms with E-state index in [1.807, 2.05) is 0 Å². The van der Waals surface area contributed by atoms with Crippen LogP contribution in [-0.4, -0.2) is 40.6 Å². The summed E-state index contributed by atoms with van der Waals surface area (Å²) in [4.78, 5) is 12.2. The number of anilines is 1. The molecule has 2 heterocycles. The highest BCUT2D eigenvalue weighted by molar-refractivity contribution is 6.02. The first-order valence-corrected chi connectivity index (χ1v) is 7.60. The van der Waals surface area contributed by atoms with Gasteiger partial charge >= 0.3 is 6.61 Å². The molecule has 1 aliphatic rings.